The summed E-state index contributed by atoms with van der Waals surface area (Å²) in [7, 11) is 0. The summed E-state index contributed by atoms with van der Waals surface area (Å²) < 4.78 is 0. The molecule has 1 aromatic rings. The average Bonchev–Trinajstić information content (AvgIpc) is 3.17. The average molecular weight is 277 g/mol. The first-order valence-corrected chi connectivity index (χ1v) is 8.12. The zero-order valence-electron chi connectivity index (χ0n) is 11.7. The lowest BCUT2D eigenvalue weighted by molar-refractivity contribution is 0.253. The fraction of sp³-hybridized carbons (Fsp3) is 0.625. The lowest BCUT2D eigenvalue weighted by atomic mass is 10.2. The molecular weight excluding hydrogens is 254 g/mol. The Balaban J connectivity index is 1.88. The number of nitrogens with zero attached hydrogens (tertiary/aromatic N) is 1. The maximum Gasteiger partial charge on any atom is 0.0540 e. The zero-order chi connectivity index (χ0) is 13.5. The highest BCUT2D eigenvalue weighted by atomic mass is 32.1. The maximum absolute atomic E-state index is 8.71. The van der Waals surface area contributed by atoms with E-state index in [0.29, 0.717) is 6.42 Å². The largest absolute Gasteiger partial charge is 0.395 e. The van der Waals surface area contributed by atoms with Crippen LogP contribution in [0.25, 0.3) is 0 Å². The fourth-order valence-electron chi connectivity index (χ4n) is 2.14. The van der Waals surface area contributed by atoms with Gasteiger partial charge in [0.1, 0.15) is 0 Å². The summed E-state index contributed by atoms with van der Waals surface area (Å²) in [5.74, 6) is 6.09. The van der Waals surface area contributed by atoms with Crippen molar-refractivity contribution in [3.8, 4) is 11.8 Å². The van der Waals surface area contributed by atoms with E-state index in [1.165, 1.54) is 37.1 Å². The second-order valence-electron chi connectivity index (χ2n) is 5.13. The molecule has 1 fully saturated rings. The molecule has 19 heavy (non-hydrogen) atoms. The highest BCUT2D eigenvalue weighted by Gasteiger charge is 2.28. The highest BCUT2D eigenvalue weighted by molar-refractivity contribution is 7.10. The molecule has 1 N–H and O–H groups in total. The van der Waals surface area contributed by atoms with Gasteiger partial charge in [0.05, 0.1) is 6.61 Å². The van der Waals surface area contributed by atoms with Crippen molar-refractivity contribution < 1.29 is 5.11 Å². The number of unbranched alkanes of at least 4 members (excludes halogenated alkanes) is 1. The van der Waals surface area contributed by atoms with Crippen LogP contribution in [-0.2, 0) is 6.54 Å². The SMILES string of the molecule is CCCCN(Cc1cc(C#CCCO)cs1)C1CC1. The minimum atomic E-state index is 0.149. The van der Waals surface area contributed by atoms with E-state index in [2.05, 4.69) is 35.1 Å². The molecule has 0 unspecified atom stereocenters. The minimum absolute atomic E-state index is 0.149. The van der Waals surface area contributed by atoms with E-state index in [1.54, 1.807) is 0 Å². The van der Waals surface area contributed by atoms with Crippen molar-refractivity contribution in [3.05, 3.63) is 21.9 Å². The van der Waals surface area contributed by atoms with Crippen LogP contribution in [0.15, 0.2) is 11.4 Å². The van der Waals surface area contributed by atoms with Crippen LogP contribution in [-0.4, -0.2) is 29.2 Å². The van der Waals surface area contributed by atoms with Crippen LogP contribution in [0.5, 0.6) is 0 Å². The normalized spacial score (nSPS) is 14.5. The predicted octanol–water partition coefficient (Wildman–Crippen LogP) is 3.25. The Morgan fingerprint density at radius 3 is 3.00 bits per heavy atom. The summed E-state index contributed by atoms with van der Waals surface area (Å²) in [6.45, 7) is 4.71. The molecule has 0 spiro atoms. The first kappa shape index (κ1) is 14.6. The number of hydrogen-bond donors (Lipinski definition) is 1. The van der Waals surface area contributed by atoms with Crippen molar-refractivity contribution in [3.63, 3.8) is 0 Å². The molecule has 0 aliphatic heterocycles. The zero-order valence-corrected chi connectivity index (χ0v) is 12.5. The molecule has 1 aromatic heterocycles. The van der Waals surface area contributed by atoms with E-state index in [1.807, 2.05) is 11.3 Å². The maximum atomic E-state index is 8.71. The quantitative estimate of drug-likeness (QED) is 0.773. The second kappa shape index (κ2) is 7.69. The first-order chi connectivity index (χ1) is 9.33. The fourth-order valence-corrected chi connectivity index (χ4v) is 2.98. The van der Waals surface area contributed by atoms with Gasteiger partial charge in [-0.15, -0.1) is 11.3 Å². The summed E-state index contributed by atoms with van der Waals surface area (Å²) in [5, 5.41) is 10.8. The summed E-state index contributed by atoms with van der Waals surface area (Å²) in [6, 6.07) is 3.04. The molecule has 1 aliphatic rings. The Kier molecular flexibility index (Phi) is 5.91. The summed E-state index contributed by atoms with van der Waals surface area (Å²) in [6.07, 6.45) is 5.88. The molecule has 0 amide bonds. The molecular formula is C16H23NOS. The van der Waals surface area contributed by atoms with E-state index in [9.17, 15) is 0 Å². The van der Waals surface area contributed by atoms with E-state index < -0.39 is 0 Å². The van der Waals surface area contributed by atoms with E-state index in [0.717, 1.165) is 18.2 Å². The van der Waals surface area contributed by atoms with Crippen molar-refractivity contribution in [2.45, 2.75) is 51.6 Å². The lowest BCUT2D eigenvalue weighted by Gasteiger charge is -2.20. The van der Waals surface area contributed by atoms with Gasteiger partial charge in [-0.3, -0.25) is 4.90 Å². The Morgan fingerprint density at radius 1 is 1.47 bits per heavy atom. The first-order valence-electron chi connectivity index (χ1n) is 7.24. The van der Waals surface area contributed by atoms with Crippen molar-refractivity contribution in [2.75, 3.05) is 13.2 Å². The minimum Gasteiger partial charge on any atom is -0.395 e. The van der Waals surface area contributed by atoms with Gasteiger partial charge in [0, 0.05) is 34.8 Å². The molecule has 1 aliphatic carbocycles. The van der Waals surface area contributed by atoms with Gasteiger partial charge in [0.15, 0.2) is 0 Å². The second-order valence-corrected chi connectivity index (χ2v) is 6.13. The van der Waals surface area contributed by atoms with Gasteiger partial charge in [-0.05, 0) is 31.9 Å². The molecule has 0 aromatic carbocycles. The number of aliphatic hydroxyl groups excluding tert-OH is 1. The highest BCUT2D eigenvalue weighted by Crippen LogP contribution is 2.29. The van der Waals surface area contributed by atoms with Gasteiger partial charge in [-0.25, -0.2) is 0 Å². The van der Waals surface area contributed by atoms with Gasteiger partial charge >= 0.3 is 0 Å². The van der Waals surface area contributed by atoms with Crippen LogP contribution in [0, 0.1) is 11.8 Å². The molecule has 0 atom stereocenters. The van der Waals surface area contributed by atoms with Crippen LogP contribution in [0.3, 0.4) is 0 Å². The van der Waals surface area contributed by atoms with Gasteiger partial charge in [0.2, 0.25) is 0 Å². The van der Waals surface area contributed by atoms with Gasteiger partial charge in [0.25, 0.3) is 0 Å². The van der Waals surface area contributed by atoms with Gasteiger partial charge < -0.3 is 5.11 Å². The Labute approximate surface area is 120 Å². The topological polar surface area (TPSA) is 23.5 Å². The molecule has 2 rings (SSSR count). The molecule has 0 bridgehead atoms. The summed E-state index contributed by atoms with van der Waals surface area (Å²) >= 11 is 1.81. The van der Waals surface area contributed by atoms with E-state index in [-0.39, 0.29) is 6.61 Å². The third-order valence-corrected chi connectivity index (χ3v) is 4.27. The Bertz CT molecular complexity index is 439. The van der Waals surface area contributed by atoms with Crippen molar-refractivity contribution in [2.24, 2.45) is 0 Å². The van der Waals surface area contributed by atoms with E-state index in [4.69, 9.17) is 5.11 Å². The van der Waals surface area contributed by atoms with Crippen molar-refractivity contribution >= 4 is 11.3 Å². The van der Waals surface area contributed by atoms with Crippen molar-refractivity contribution in [1.82, 2.24) is 4.90 Å². The van der Waals surface area contributed by atoms with Crippen LogP contribution < -0.4 is 0 Å². The molecule has 1 saturated carbocycles. The monoisotopic (exact) mass is 277 g/mol. The Morgan fingerprint density at radius 2 is 2.32 bits per heavy atom. The number of rotatable bonds is 7. The lowest BCUT2D eigenvalue weighted by Crippen LogP contribution is -2.26. The third-order valence-electron chi connectivity index (χ3n) is 3.34. The number of thiophene rings is 1. The molecule has 1 heterocycles. The van der Waals surface area contributed by atoms with Gasteiger partial charge in [-0.2, -0.15) is 0 Å². The standard InChI is InChI=1S/C16H23NOS/c1-2-3-9-17(15-7-8-15)12-16-11-14(13-19-16)6-4-5-10-18/h11,13,15,18H,2-3,5,7-10,12H2,1H3. The number of aliphatic hydroxyl groups is 1. The molecule has 2 nitrogen and oxygen atoms in total. The molecule has 3 heteroatoms. The summed E-state index contributed by atoms with van der Waals surface area (Å²) in [4.78, 5) is 4.04. The molecule has 104 valence electrons. The van der Waals surface area contributed by atoms with Crippen molar-refractivity contribution in [1.29, 1.82) is 0 Å². The Hall–Kier alpha value is -0.820. The molecule has 0 saturated heterocycles. The summed E-state index contributed by atoms with van der Waals surface area (Å²) in [5.41, 5.74) is 1.10. The predicted molar refractivity (Wildman–Crippen MR) is 81.2 cm³/mol. The van der Waals surface area contributed by atoms with Crippen LogP contribution in [0.4, 0.5) is 0 Å². The van der Waals surface area contributed by atoms with Crippen LogP contribution in [0.2, 0.25) is 0 Å². The van der Waals surface area contributed by atoms with Gasteiger partial charge in [-0.1, -0.05) is 25.2 Å². The third kappa shape index (κ3) is 4.99. The van der Waals surface area contributed by atoms with Crippen LogP contribution >= 0.6 is 11.3 Å². The van der Waals surface area contributed by atoms with Crippen LogP contribution in [0.1, 0.15) is 49.5 Å². The molecule has 0 radical (unpaired) electrons. The van der Waals surface area contributed by atoms with E-state index >= 15 is 0 Å². The smallest absolute Gasteiger partial charge is 0.0540 e. The number of hydrogen-bond acceptors (Lipinski definition) is 3.